The zero-order valence-electron chi connectivity index (χ0n) is 26.0. The Hall–Kier alpha value is -4.76. The number of hydrogen-bond acceptors (Lipinski definition) is 7. The number of ether oxygens (including phenoxy) is 1. The Bertz CT molecular complexity index is 1820. The maximum atomic E-state index is 6.53. The van der Waals surface area contributed by atoms with Crippen LogP contribution in [-0.4, -0.2) is 60.9 Å². The summed E-state index contributed by atoms with van der Waals surface area (Å²) in [6.45, 7) is 7.64. The number of rotatable bonds is 12. The number of fused-ring (bicyclic) bond motifs is 2. The lowest BCUT2D eigenvalue weighted by atomic mass is 9.98. The Morgan fingerprint density at radius 3 is 2.69 bits per heavy atom. The third-order valence-corrected chi connectivity index (χ3v) is 8.87. The summed E-state index contributed by atoms with van der Waals surface area (Å²) < 4.78 is 8.91. The number of hydrogen-bond donors (Lipinski definition) is 2. The van der Waals surface area contributed by atoms with Crippen LogP contribution in [0.15, 0.2) is 84.6 Å². The summed E-state index contributed by atoms with van der Waals surface area (Å²) in [7, 11) is 0. The van der Waals surface area contributed by atoms with Crippen molar-refractivity contribution in [3.63, 3.8) is 0 Å². The van der Waals surface area contributed by atoms with E-state index in [1.807, 2.05) is 18.2 Å². The Morgan fingerprint density at radius 2 is 1.87 bits per heavy atom. The average molecular weight is 601 g/mol. The molecule has 1 fully saturated rings. The van der Waals surface area contributed by atoms with E-state index in [9.17, 15) is 0 Å². The molecule has 9 heteroatoms. The van der Waals surface area contributed by atoms with Crippen LogP contribution in [0.25, 0.3) is 33.5 Å². The summed E-state index contributed by atoms with van der Waals surface area (Å²) in [5.41, 5.74) is 9.06. The number of allylic oxidation sites excluding steroid dienone is 2. The van der Waals surface area contributed by atoms with Crippen molar-refractivity contribution in [1.82, 2.24) is 40.4 Å². The fourth-order valence-corrected chi connectivity index (χ4v) is 6.46. The highest BCUT2D eigenvalue weighted by atomic mass is 16.5. The molecule has 0 saturated carbocycles. The molecule has 1 unspecified atom stereocenters. The van der Waals surface area contributed by atoms with Gasteiger partial charge < -0.3 is 14.2 Å². The van der Waals surface area contributed by atoms with Crippen molar-refractivity contribution in [2.24, 2.45) is 0 Å². The largest absolute Gasteiger partial charge is 0.491 e. The molecule has 5 aromatic rings. The van der Waals surface area contributed by atoms with E-state index in [2.05, 4.69) is 110 Å². The maximum absolute atomic E-state index is 6.53. The third-order valence-electron chi connectivity index (χ3n) is 8.87. The minimum atomic E-state index is 0.456. The Balaban J connectivity index is 1.13. The van der Waals surface area contributed by atoms with E-state index in [4.69, 9.17) is 9.72 Å². The van der Waals surface area contributed by atoms with Crippen molar-refractivity contribution in [3.8, 4) is 28.3 Å². The first-order valence-corrected chi connectivity index (χ1v) is 16.1. The highest BCUT2D eigenvalue weighted by Gasteiger charge is 2.26. The first kappa shape index (κ1) is 29.0. The summed E-state index contributed by atoms with van der Waals surface area (Å²) >= 11 is 0. The molecule has 45 heavy (non-hydrogen) atoms. The number of tetrazole rings is 1. The molecule has 1 aliphatic heterocycles. The molecular weight excluding hydrogens is 560 g/mol. The van der Waals surface area contributed by atoms with E-state index < -0.39 is 0 Å². The minimum absolute atomic E-state index is 0.456. The van der Waals surface area contributed by atoms with Gasteiger partial charge in [0, 0.05) is 30.8 Å². The fourth-order valence-electron chi connectivity index (χ4n) is 6.46. The summed E-state index contributed by atoms with van der Waals surface area (Å²) in [6.07, 6.45) is 11.8. The summed E-state index contributed by atoms with van der Waals surface area (Å²) in [5, 5.41) is 18.3. The van der Waals surface area contributed by atoms with E-state index in [1.165, 1.54) is 16.8 Å². The topological polar surface area (TPSA) is 96.8 Å². The molecule has 0 radical (unpaired) electrons. The summed E-state index contributed by atoms with van der Waals surface area (Å²) in [6, 6.07) is 21.7. The quantitative estimate of drug-likeness (QED) is 0.159. The first-order valence-electron chi connectivity index (χ1n) is 16.1. The highest BCUT2D eigenvalue weighted by Crippen LogP contribution is 2.33. The number of aryl methyl sites for hydroxylation is 2. The molecule has 2 N–H and O–H groups in total. The molecule has 7 rings (SSSR count). The van der Waals surface area contributed by atoms with E-state index in [0.717, 1.165) is 91.2 Å². The van der Waals surface area contributed by atoms with Crippen LogP contribution in [0.3, 0.4) is 0 Å². The predicted octanol–water partition coefficient (Wildman–Crippen LogP) is 6.43. The Labute approximate surface area is 264 Å². The van der Waals surface area contributed by atoms with Crippen LogP contribution in [0, 0.1) is 6.92 Å². The van der Waals surface area contributed by atoms with E-state index in [1.54, 1.807) is 0 Å². The van der Waals surface area contributed by atoms with Crippen LogP contribution in [0.1, 0.15) is 49.6 Å². The molecule has 3 heterocycles. The van der Waals surface area contributed by atoms with Gasteiger partial charge in [-0.2, -0.15) is 5.21 Å². The third kappa shape index (κ3) is 6.00. The molecule has 3 aromatic carbocycles. The lowest BCUT2D eigenvalue weighted by molar-refractivity contribution is 0.278. The molecule has 9 nitrogen and oxygen atoms in total. The molecule has 1 saturated heterocycles. The highest BCUT2D eigenvalue weighted by molar-refractivity contribution is 5.86. The normalized spacial score (nSPS) is 15.9. The molecule has 2 aliphatic rings. The van der Waals surface area contributed by atoms with Gasteiger partial charge in [-0.05, 0) is 65.8 Å². The van der Waals surface area contributed by atoms with E-state index in [0.29, 0.717) is 18.5 Å². The van der Waals surface area contributed by atoms with Gasteiger partial charge in [-0.15, -0.1) is 10.2 Å². The van der Waals surface area contributed by atoms with E-state index >= 15 is 0 Å². The molecular formula is C36H40N8O. The SMILES string of the molecule is CCCCc1nc2c(C)ccc(OCCCN3CNC4CC=CC=C43)c2n1Cc1ccc(-c2ccccc2-c2nn[nH]n2)cc1. The molecule has 0 bridgehead atoms. The van der Waals surface area contributed by atoms with Crippen LogP contribution in [0.2, 0.25) is 0 Å². The Morgan fingerprint density at radius 1 is 1.00 bits per heavy atom. The summed E-state index contributed by atoms with van der Waals surface area (Å²) in [4.78, 5) is 7.62. The van der Waals surface area contributed by atoms with Crippen LogP contribution >= 0.6 is 0 Å². The van der Waals surface area contributed by atoms with Crippen molar-refractivity contribution in [2.75, 3.05) is 19.8 Å². The van der Waals surface area contributed by atoms with Crippen molar-refractivity contribution < 1.29 is 4.74 Å². The van der Waals surface area contributed by atoms with Crippen molar-refractivity contribution in [3.05, 3.63) is 102 Å². The number of nitrogens with zero attached hydrogens (tertiary/aromatic N) is 6. The van der Waals surface area contributed by atoms with Gasteiger partial charge in [0.15, 0.2) is 0 Å². The second-order valence-corrected chi connectivity index (χ2v) is 11.9. The minimum Gasteiger partial charge on any atom is -0.491 e. The van der Waals surface area contributed by atoms with Gasteiger partial charge in [0.2, 0.25) is 5.82 Å². The predicted molar refractivity (Wildman–Crippen MR) is 178 cm³/mol. The molecule has 1 aliphatic carbocycles. The van der Waals surface area contributed by atoms with Gasteiger partial charge in [-0.3, -0.25) is 5.32 Å². The van der Waals surface area contributed by atoms with Crippen molar-refractivity contribution in [2.45, 2.75) is 58.5 Å². The number of unbranched alkanes of at least 4 members (excludes halogenated alkanes) is 1. The lowest BCUT2D eigenvalue weighted by Gasteiger charge is -2.22. The number of benzene rings is 3. The molecule has 2 aromatic heterocycles. The molecule has 0 amide bonds. The van der Waals surface area contributed by atoms with Gasteiger partial charge in [-0.1, -0.05) is 80.1 Å². The second kappa shape index (κ2) is 13.1. The molecule has 1 atom stereocenters. The smallest absolute Gasteiger partial charge is 0.205 e. The zero-order valence-corrected chi connectivity index (χ0v) is 26.0. The second-order valence-electron chi connectivity index (χ2n) is 11.9. The van der Waals surface area contributed by atoms with Crippen LogP contribution in [-0.2, 0) is 13.0 Å². The fraction of sp³-hybridized carbons (Fsp3) is 0.333. The summed E-state index contributed by atoms with van der Waals surface area (Å²) in [5.74, 6) is 2.62. The van der Waals surface area contributed by atoms with E-state index in [-0.39, 0.29) is 0 Å². The zero-order chi connectivity index (χ0) is 30.6. The van der Waals surface area contributed by atoms with Crippen molar-refractivity contribution >= 4 is 11.0 Å². The Kier molecular flexibility index (Phi) is 8.42. The number of imidazole rings is 1. The van der Waals surface area contributed by atoms with Crippen LogP contribution in [0.4, 0.5) is 0 Å². The standard InChI is InChI=1S/C36H40N8O/c1-3-4-14-33-38-34-25(2)15-20-32(45-22-9-21-43-24-37-30-12-7-8-13-31(30)43)35(34)44(33)23-26-16-18-27(19-17-26)28-10-5-6-11-29(28)36-39-41-42-40-36/h5-8,10-11,13,15-20,30,37H,3-4,9,12,14,21-24H2,1-2H3,(H,39,40,41,42). The number of nitrogens with one attached hydrogen (secondary N) is 2. The van der Waals surface area contributed by atoms with Crippen LogP contribution in [0.5, 0.6) is 5.75 Å². The van der Waals surface area contributed by atoms with Gasteiger partial charge in [0.25, 0.3) is 0 Å². The van der Waals surface area contributed by atoms with Crippen molar-refractivity contribution in [1.29, 1.82) is 0 Å². The first-order chi connectivity index (χ1) is 22.2. The molecule has 230 valence electrons. The lowest BCUT2D eigenvalue weighted by Crippen LogP contribution is -2.23. The maximum Gasteiger partial charge on any atom is 0.205 e. The van der Waals surface area contributed by atoms with Gasteiger partial charge in [0.05, 0.1) is 24.8 Å². The molecule has 0 spiro atoms. The number of H-pyrrole nitrogens is 1. The number of aromatic amines is 1. The van der Waals surface area contributed by atoms with Gasteiger partial charge >= 0.3 is 0 Å². The van der Waals surface area contributed by atoms with Gasteiger partial charge in [-0.25, -0.2) is 4.98 Å². The average Bonchev–Trinajstić information content (AvgIpc) is 3.84. The van der Waals surface area contributed by atoms with Crippen LogP contribution < -0.4 is 10.1 Å². The number of aromatic nitrogens is 6. The van der Waals surface area contributed by atoms with Gasteiger partial charge in [0.1, 0.15) is 17.1 Å². The monoisotopic (exact) mass is 600 g/mol.